The van der Waals surface area contributed by atoms with Crippen molar-refractivity contribution in [3.8, 4) is 5.75 Å². The predicted molar refractivity (Wildman–Crippen MR) is 77.8 cm³/mol. The van der Waals surface area contributed by atoms with Gasteiger partial charge in [-0.1, -0.05) is 39.7 Å². The Morgan fingerprint density at radius 2 is 2.00 bits per heavy atom. The molecule has 0 amide bonds. The fraction of sp³-hybridized carbons (Fsp3) is 0.143. The molecule has 19 heavy (non-hydrogen) atoms. The second-order valence-corrected chi connectivity index (χ2v) is 5.32. The highest BCUT2D eigenvalue weighted by molar-refractivity contribution is 9.10. The first-order chi connectivity index (χ1) is 9.10. The van der Waals surface area contributed by atoms with Gasteiger partial charge in [-0.2, -0.15) is 0 Å². The van der Waals surface area contributed by atoms with Gasteiger partial charge < -0.3 is 10.5 Å². The van der Waals surface area contributed by atoms with Crippen LogP contribution < -0.4 is 10.5 Å². The van der Waals surface area contributed by atoms with Crippen molar-refractivity contribution in [1.82, 2.24) is 0 Å². The van der Waals surface area contributed by atoms with Gasteiger partial charge in [-0.25, -0.2) is 4.39 Å². The summed E-state index contributed by atoms with van der Waals surface area (Å²) in [6.45, 7) is 0.544. The number of ether oxygens (including phenoxy) is 1. The summed E-state index contributed by atoms with van der Waals surface area (Å²) in [5.41, 5.74) is 6.91. The van der Waals surface area contributed by atoms with Crippen LogP contribution in [0.1, 0.15) is 11.1 Å². The topological polar surface area (TPSA) is 35.2 Å². The second kappa shape index (κ2) is 6.37. The van der Waals surface area contributed by atoms with Crippen LogP contribution in [-0.2, 0) is 13.2 Å². The van der Waals surface area contributed by atoms with Crippen LogP contribution in [-0.4, -0.2) is 0 Å². The molecule has 0 aliphatic rings. The SMILES string of the molecule is NCc1ccc(OCc2ccc(Br)cc2F)c(Cl)c1. The summed E-state index contributed by atoms with van der Waals surface area (Å²) in [6, 6.07) is 10.1. The summed E-state index contributed by atoms with van der Waals surface area (Å²) in [6.07, 6.45) is 0. The number of hydrogen-bond acceptors (Lipinski definition) is 2. The van der Waals surface area contributed by atoms with E-state index in [0.29, 0.717) is 27.4 Å². The minimum Gasteiger partial charge on any atom is -0.487 e. The van der Waals surface area contributed by atoms with Gasteiger partial charge in [-0.05, 0) is 29.8 Å². The molecule has 0 fully saturated rings. The molecule has 0 spiro atoms. The van der Waals surface area contributed by atoms with Crippen LogP contribution in [0.2, 0.25) is 5.02 Å². The summed E-state index contributed by atoms with van der Waals surface area (Å²) >= 11 is 9.26. The Bertz CT molecular complexity index is 592. The third-order valence-corrected chi connectivity index (χ3v) is 3.42. The fourth-order valence-corrected chi connectivity index (χ4v) is 2.17. The van der Waals surface area contributed by atoms with Crippen molar-refractivity contribution in [3.05, 3.63) is 62.8 Å². The molecule has 0 aromatic heterocycles. The van der Waals surface area contributed by atoms with Gasteiger partial charge in [-0.3, -0.25) is 0 Å². The van der Waals surface area contributed by atoms with Crippen LogP contribution in [0.4, 0.5) is 4.39 Å². The van der Waals surface area contributed by atoms with Crippen molar-refractivity contribution < 1.29 is 9.13 Å². The maximum Gasteiger partial charge on any atom is 0.138 e. The molecule has 0 atom stereocenters. The Hall–Kier alpha value is -1.10. The maximum absolute atomic E-state index is 13.6. The number of hydrogen-bond donors (Lipinski definition) is 1. The molecule has 0 aliphatic heterocycles. The van der Waals surface area contributed by atoms with Gasteiger partial charge in [0, 0.05) is 16.6 Å². The Balaban J connectivity index is 2.10. The monoisotopic (exact) mass is 343 g/mol. The molecule has 0 radical (unpaired) electrons. The standard InChI is InChI=1S/C14H12BrClFNO/c15-11-3-2-10(13(17)6-11)8-19-14-4-1-9(7-18)5-12(14)16/h1-6H,7-8,18H2. The smallest absolute Gasteiger partial charge is 0.138 e. The molecule has 2 rings (SSSR count). The van der Waals surface area contributed by atoms with Crippen LogP contribution >= 0.6 is 27.5 Å². The maximum atomic E-state index is 13.6. The molecule has 5 heteroatoms. The highest BCUT2D eigenvalue weighted by Gasteiger charge is 2.06. The van der Waals surface area contributed by atoms with E-state index < -0.39 is 0 Å². The van der Waals surface area contributed by atoms with E-state index in [9.17, 15) is 4.39 Å². The Kier molecular flexibility index (Phi) is 4.80. The summed E-state index contributed by atoms with van der Waals surface area (Å²) in [7, 11) is 0. The average Bonchev–Trinajstić information content (AvgIpc) is 2.39. The lowest BCUT2D eigenvalue weighted by Crippen LogP contribution is -2.00. The molecule has 2 N–H and O–H groups in total. The minimum atomic E-state index is -0.316. The van der Waals surface area contributed by atoms with Gasteiger partial charge >= 0.3 is 0 Å². The van der Waals surface area contributed by atoms with E-state index in [1.807, 2.05) is 6.07 Å². The molecular formula is C14H12BrClFNO. The largest absolute Gasteiger partial charge is 0.487 e. The van der Waals surface area contributed by atoms with Gasteiger partial charge in [0.1, 0.15) is 18.2 Å². The van der Waals surface area contributed by atoms with Crippen molar-refractivity contribution in [1.29, 1.82) is 0 Å². The zero-order valence-electron chi connectivity index (χ0n) is 10.00. The molecule has 100 valence electrons. The van der Waals surface area contributed by atoms with Crippen molar-refractivity contribution in [3.63, 3.8) is 0 Å². The highest BCUT2D eigenvalue weighted by Crippen LogP contribution is 2.26. The summed E-state index contributed by atoms with van der Waals surface area (Å²) in [5.74, 6) is 0.199. The Morgan fingerprint density at radius 1 is 1.21 bits per heavy atom. The van der Waals surface area contributed by atoms with E-state index in [0.717, 1.165) is 5.56 Å². The number of nitrogens with two attached hydrogens (primary N) is 1. The molecule has 0 saturated heterocycles. The van der Waals surface area contributed by atoms with E-state index in [1.165, 1.54) is 6.07 Å². The third kappa shape index (κ3) is 3.69. The summed E-state index contributed by atoms with van der Waals surface area (Å²) < 4.78 is 19.8. The van der Waals surface area contributed by atoms with Crippen molar-refractivity contribution >= 4 is 27.5 Å². The van der Waals surface area contributed by atoms with Crippen molar-refractivity contribution in [2.24, 2.45) is 5.73 Å². The Labute approximate surface area is 124 Å². The molecule has 2 aromatic rings. The summed E-state index contributed by atoms with van der Waals surface area (Å²) in [4.78, 5) is 0. The zero-order valence-corrected chi connectivity index (χ0v) is 12.3. The summed E-state index contributed by atoms with van der Waals surface area (Å²) in [5, 5.41) is 0.473. The number of halogens is 3. The van der Waals surface area contributed by atoms with Gasteiger partial charge in [-0.15, -0.1) is 0 Å². The van der Waals surface area contributed by atoms with Gasteiger partial charge in [0.2, 0.25) is 0 Å². The van der Waals surface area contributed by atoms with E-state index in [4.69, 9.17) is 22.1 Å². The molecule has 0 aliphatic carbocycles. The first-order valence-corrected chi connectivity index (χ1v) is 6.82. The van der Waals surface area contributed by atoms with Crippen LogP contribution in [0, 0.1) is 5.82 Å². The second-order valence-electron chi connectivity index (χ2n) is 3.99. The fourth-order valence-electron chi connectivity index (χ4n) is 1.58. The lowest BCUT2D eigenvalue weighted by atomic mass is 10.2. The first kappa shape index (κ1) is 14.3. The van der Waals surface area contributed by atoms with Gasteiger partial charge in [0.25, 0.3) is 0 Å². The predicted octanol–water partition coefficient (Wildman–Crippen LogP) is 4.28. The Morgan fingerprint density at radius 3 is 2.63 bits per heavy atom. The quantitative estimate of drug-likeness (QED) is 0.898. The van der Waals surface area contributed by atoms with E-state index in [2.05, 4.69) is 15.9 Å². The molecular weight excluding hydrogens is 333 g/mol. The molecule has 0 bridgehead atoms. The van der Waals surface area contributed by atoms with Crippen LogP contribution in [0.5, 0.6) is 5.75 Å². The lowest BCUT2D eigenvalue weighted by Gasteiger charge is -2.10. The number of rotatable bonds is 4. The zero-order chi connectivity index (χ0) is 13.8. The van der Waals surface area contributed by atoms with Crippen molar-refractivity contribution in [2.75, 3.05) is 0 Å². The molecule has 2 aromatic carbocycles. The van der Waals surface area contributed by atoms with Crippen LogP contribution in [0.25, 0.3) is 0 Å². The van der Waals surface area contributed by atoms with Gasteiger partial charge in [0.05, 0.1) is 5.02 Å². The molecule has 0 unspecified atom stereocenters. The van der Waals surface area contributed by atoms with E-state index in [1.54, 1.807) is 24.3 Å². The average molecular weight is 345 g/mol. The number of benzene rings is 2. The first-order valence-electron chi connectivity index (χ1n) is 5.65. The normalized spacial score (nSPS) is 10.5. The van der Waals surface area contributed by atoms with Gasteiger partial charge in [0.15, 0.2) is 0 Å². The van der Waals surface area contributed by atoms with Crippen LogP contribution in [0.3, 0.4) is 0 Å². The highest BCUT2D eigenvalue weighted by atomic mass is 79.9. The molecule has 0 saturated carbocycles. The van der Waals surface area contributed by atoms with Crippen LogP contribution in [0.15, 0.2) is 40.9 Å². The third-order valence-electron chi connectivity index (χ3n) is 2.63. The van der Waals surface area contributed by atoms with E-state index in [-0.39, 0.29) is 12.4 Å². The molecule has 0 heterocycles. The van der Waals surface area contributed by atoms with Crippen molar-refractivity contribution in [2.45, 2.75) is 13.2 Å². The minimum absolute atomic E-state index is 0.126. The molecule has 2 nitrogen and oxygen atoms in total. The lowest BCUT2D eigenvalue weighted by molar-refractivity contribution is 0.300. The van der Waals surface area contributed by atoms with E-state index >= 15 is 0 Å².